The number of amides is 1. The third kappa shape index (κ3) is 4.68. The average Bonchev–Trinajstić information content (AvgIpc) is 3.06. The summed E-state index contributed by atoms with van der Waals surface area (Å²) in [5.74, 6) is -1.14. The van der Waals surface area contributed by atoms with E-state index < -0.39 is 12.1 Å². The van der Waals surface area contributed by atoms with Crippen molar-refractivity contribution in [2.24, 2.45) is 0 Å². The minimum absolute atomic E-state index is 0.0673. The molecule has 0 atom stereocenters. The predicted octanol–water partition coefficient (Wildman–Crippen LogP) is 3.97. The van der Waals surface area contributed by atoms with Crippen LogP contribution in [-0.2, 0) is 29.0 Å². The van der Waals surface area contributed by atoms with Crippen molar-refractivity contribution in [3.05, 3.63) is 65.2 Å². The number of ether oxygens (including phenoxy) is 1. The molecule has 0 radical (unpaired) electrons. The van der Waals surface area contributed by atoms with Crippen molar-refractivity contribution >= 4 is 23.1 Å². The monoisotopic (exact) mass is 425 g/mol. The van der Waals surface area contributed by atoms with E-state index in [2.05, 4.69) is 4.98 Å². The lowest BCUT2D eigenvalue weighted by Gasteiger charge is -2.28. The normalized spacial score (nSPS) is 13.3. The zero-order chi connectivity index (χ0) is 21.8. The lowest BCUT2D eigenvalue weighted by Crippen LogP contribution is -2.37. The number of carbonyl (C=O) groups is 2. The van der Waals surface area contributed by atoms with Crippen molar-refractivity contribution in [2.75, 3.05) is 13.2 Å². The number of hydrogen-bond acceptors (Lipinski definition) is 4. The number of carboxylic acids is 1. The fraction of sp³-hybridized carbons (Fsp3) is 0.348. The maximum Gasteiger partial charge on any atom is 0.410 e. The van der Waals surface area contributed by atoms with E-state index in [1.165, 1.54) is 12.1 Å². The molecule has 3 heterocycles. The van der Waals surface area contributed by atoms with Gasteiger partial charge in [0.05, 0.1) is 13.2 Å². The topological polar surface area (TPSA) is 84.7 Å². The predicted molar refractivity (Wildman–Crippen MR) is 112 cm³/mol. The Morgan fingerprint density at radius 3 is 2.87 bits per heavy atom. The molecule has 0 aliphatic carbocycles. The van der Waals surface area contributed by atoms with Crippen molar-refractivity contribution in [3.63, 3.8) is 0 Å². The SMILES string of the molecule is O=C(O)CCCCOC(=O)N1CCc2c(n(Cc3cccc(F)c3)c3ncccc23)C1. The molecule has 4 rings (SSSR count). The summed E-state index contributed by atoms with van der Waals surface area (Å²) >= 11 is 0. The van der Waals surface area contributed by atoms with E-state index in [1.54, 1.807) is 17.2 Å². The van der Waals surface area contributed by atoms with Gasteiger partial charge in [0.25, 0.3) is 0 Å². The second-order valence-corrected chi connectivity index (χ2v) is 7.65. The molecule has 1 aliphatic heterocycles. The fourth-order valence-corrected chi connectivity index (χ4v) is 4.03. The minimum atomic E-state index is -0.852. The molecule has 1 aliphatic rings. The zero-order valence-corrected chi connectivity index (χ0v) is 17.1. The summed E-state index contributed by atoms with van der Waals surface area (Å²) in [5, 5.41) is 9.73. The number of unbranched alkanes of at least 4 members (excludes halogenated alkanes) is 1. The number of fused-ring (bicyclic) bond motifs is 3. The summed E-state index contributed by atoms with van der Waals surface area (Å²) < 4.78 is 21.1. The number of aliphatic carboxylic acids is 1. The first kappa shape index (κ1) is 20.8. The van der Waals surface area contributed by atoms with Crippen LogP contribution < -0.4 is 0 Å². The summed E-state index contributed by atoms with van der Waals surface area (Å²) in [6.07, 6.45) is 3.07. The molecular weight excluding hydrogens is 401 g/mol. The molecule has 31 heavy (non-hydrogen) atoms. The molecule has 0 unspecified atom stereocenters. The maximum absolute atomic E-state index is 13.7. The van der Waals surface area contributed by atoms with Crippen LogP contribution in [0.3, 0.4) is 0 Å². The van der Waals surface area contributed by atoms with Gasteiger partial charge in [-0.15, -0.1) is 0 Å². The van der Waals surface area contributed by atoms with Gasteiger partial charge >= 0.3 is 12.1 Å². The number of hydrogen-bond donors (Lipinski definition) is 1. The van der Waals surface area contributed by atoms with Gasteiger partial charge in [-0.3, -0.25) is 4.79 Å². The maximum atomic E-state index is 13.7. The Morgan fingerprint density at radius 2 is 2.06 bits per heavy atom. The number of aromatic nitrogens is 2. The highest BCUT2D eigenvalue weighted by Gasteiger charge is 2.28. The molecule has 162 valence electrons. The van der Waals surface area contributed by atoms with Crippen molar-refractivity contribution in [1.29, 1.82) is 0 Å². The summed E-state index contributed by atoms with van der Waals surface area (Å²) in [6.45, 7) is 1.58. The quantitative estimate of drug-likeness (QED) is 0.579. The first-order chi connectivity index (χ1) is 15.0. The molecule has 0 spiro atoms. The third-order valence-corrected chi connectivity index (χ3v) is 5.51. The third-order valence-electron chi connectivity index (χ3n) is 5.51. The molecule has 2 aromatic heterocycles. The van der Waals surface area contributed by atoms with Gasteiger partial charge in [-0.1, -0.05) is 12.1 Å². The highest BCUT2D eigenvalue weighted by molar-refractivity contribution is 5.83. The van der Waals surface area contributed by atoms with Crippen LogP contribution >= 0.6 is 0 Å². The van der Waals surface area contributed by atoms with Gasteiger partial charge in [0.1, 0.15) is 11.5 Å². The lowest BCUT2D eigenvalue weighted by molar-refractivity contribution is -0.137. The minimum Gasteiger partial charge on any atom is -0.481 e. The Bertz CT molecular complexity index is 1110. The molecule has 0 saturated heterocycles. The summed E-state index contributed by atoms with van der Waals surface area (Å²) in [6, 6.07) is 10.4. The van der Waals surface area contributed by atoms with Crippen LogP contribution in [0.2, 0.25) is 0 Å². The fourth-order valence-electron chi connectivity index (χ4n) is 4.03. The van der Waals surface area contributed by atoms with Crippen molar-refractivity contribution in [3.8, 4) is 0 Å². The lowest BCUT2D eigenvalue weighted by atomic mass is 10.0. The Balaban J connectivity index is 1.52. The second-order valence-electron chi connectivity index (χ2n) is 7.65. The number of carboxylic acid groups (broad SMARTS) is 1. The molecular formula is C23H24FN3O4. The van der Waals surface area contributed by atoms with Crippen LogP contribution in [-0.4, -0.2) is 44.8 Å². The summed E-state index contributed by atoms with van der Waals surface area (Å²) in [4.78, 5) is 29.3. The molecule has 1 aromatic carbocycles. The van der Waals surface area contributed by atoms with E-state index in [-0.39, 0.29) is 18.8 Å². The number of rotatable bonds is 7. The van der Waals surface area contributed by atoms with Gasteiger partial charge in [0.2, 0.25) is 0 Å². The molecule has 0 bridgehead atoms. The number of carbonyl (C=O) groups excluding carboxylic acids is 1. The van der Waals surface area contributed by atoms with E-state index in [4.69, 9.17) is 9.84 Å². The van der Waals surface area contributed by atoms with Crippen LogP contribution in [0.1, 0.15) is 36.1 Å². The van der Waals surface area contributed by atoms with Gasteiger partial charge in [-0.25, -0.2) is 14.2 Å². The van der Waals surface area contributed by atoms with Crippen molar-refractivity contribution in [1.82, 2.24) is 14.5 Å². The largest absolute Gasteiger partial charge is 0.481 e. The number of halogens is 1. The first-order valence-corrected chi connectivity index (χ1v) is 10.4. The van der Waals surface area contributed by atoms with Gasteiger partial charge in [0, 0.05) is 36.8 Å². The first-order valence-electron chi connectivity index (χ1n) is 10.4. The second kappa shape index (κ2) is 9.16. The molecule has 7 nitrogen and oxygen atoms in total. The average molecular weight is 425 g/mol. The standard InChI is InChI=1S/C23H24FN3O4/c24-17-6-3-5-16(13-17)14-27-20-15-26(23(30)31-12-2-1-8-21(28)29)11-9-18(20)19-7-4-10-25-22(19)27/h3-7,10,13H,1-2,8-9,11-12,14-15H2,(H,28,29). The van der Waals surface area contributed by atoms with Crippen LogP contribution in [0.5, 0.6) is 0 Å². The van der Waals surface area contributed by atoms with E-state index in [0.29, 0.717) is 38.9 Å². The number of benzene rings is 1. The highest BCUT2D eigenvalue weighted by Crippen LogP contribution is 2.30. The number of pyridine rings is 1. The molecule has 8 heteroatoms. The van der Waals surface area contributed by atoms with Crippen LogP contribution in [0.25, 0.3) is 11.0 Å². The van der Waals surface area contributed by atoms with E-state index in [9.17, 15) is 14.0 Å². The van der Waals surface area contributed by atoms with Crippen LogP contribution in [0, 0.1) is 5.82 Å². The Morgan fingerprint density at radius 1 is 1.19 bits per heavy atom. The molecule has 1 N–H and O–H groups in total. The zero-order valence-electron chi connectivity index (χ0n) is 17.1. The van der Waals surface area contributed by atoms with E-state index in [0.717, 1.165) is 27.9 Å². The van der Waals surface area contributed by atoms with Gasteiger partial charge in [-0.2, -0.15) is 0 Å². The molecule has 1 amide bonds. The van der Waals surface area contributed by atoms with Gasteiger partial charge < -0.3 is 19.3 Å². The van der Waals surface area contributed by atoms with Crippen LogP contribution in [0.4, 0.5) is 9.18 Å². The summed E-state index contributed by atoms with van der Waals surface area (Å²) in [7, 11) is 0. The Labute approximate surface area is 179 Å². The van der Waals surface area contributed by atoms with Crippen LogP contribution in [0.15, 0.2) is 42.6 Å². The van der Waals surface area contributed by atoms with E-state index in [1.807, 2.05) is 22.8 Å². The van der Waals surface area contributed by atoms with Gasteiger partial charge in [-0.05, 0) is 54.7 Å². The molecule has 3 aromatic rings. The Kier molecular flexibility index (Phi) is 6.16. The van der Waals surface area contributed by atoms with Crippen molar-refractivity contribution in [2.45, 2.75) is 38.8 Å². The highest BCUT2D eigenvalue weighted by atomic mass is 19.1. The molecule has 0 fully saturated rings. The van der Waals surface area contributed by atoms with Crippen molar-refractivity contribution < 1.29 is 23.8 Å². The van der Waals surface area contributed by atoms with E-state index >= 15 is 0 Å². The smallest absolute Gasteiger partial charge is 0.410 e. The summed E-state index contributed by atoms with van der Waals surface area (Å²) in [5.41, 5.74) is 3.78. The number of nitrogens with zero attached hydrogens (tertiary/aromatic N) is 3. The van der Waals surface area contributed by atoms with Gasteiger partial charge in [0.15, 0.2) is 0 Å². The Hall–Kier alpha value is -3.42. The molecule has 0 saturated carbocycles.